The van der Waals surface area contributed by atoms with Gasteiger partial charge in [-0.25, -0.2) is 0 Å². The van der Waals surface area contributed by atoms with Gasteiger partial charge in [0.2, 0.25) is 0 Å². The minimum Gasteiger partial charge on any atom is -0.365 e. The molecule has 2 atom stereocenters. The Morgan fingerprint density at radius 1 is 1.47 bits per heavy atom. The molecule has 17 heavy (non-hydrogen) atoms. The first kappa shape index (κ1) is 12.4. The summed E-state index contributed by atoms with van der Waals surface area (Å²) in [5, 5.41) is 0.682. The van der Waals surface area contributed by atoms with Crippen molar-refractivity contribution in [1.82, 2.24) is 0 Å². The Balaban J connectivity index is 2.35. The van der Waals surface area contributed by atoms with Crippen LogP contribution in [-0.2, 0) is 0 Å². The SMILES string of the molecule is CCC1CCC(C)N1c1ccc(C=O)cc1Cl. The first-order chi connectivity index (χ1) is 8.17. The summed E-state index contributed by atoms with van der Waals surface area (Å²) in [6.07, 6.45) is 4.41. The molecule has 2 unspecified atom stereocenters. The summed E-state index contributed by atoms with van der Waals surface area (Å²) in [7, 11) is 0. The van der Waals surface area contributed by atoms with Gasteiger partial charge in [0.1, 0.15) is 6.29 Å². The summed E-state index contributed by atoms with van der Waals surface area (Å²) in [5.41, 5.74) is 1.70. The molecule has 0 N–H and O–H groups in total. The number of anilines is 1. The van der Waals surface area contributed by atoms with E-state index < -0.39 is 0 Å². The molecule has 92 valence electrons. The molecular weight excluding hydrogens is 234 g/mol. The van der Waals surface area contributed by atoms with Crippen LogP contribution in [0.25, 0.3) is 0 Å². The minimum absolute atomic E-state index is 0.527. The maximum atomic E-state index is 10.7. The molecule has 0 amide bonds. The van der Waals surface area contributed by atoms with E-state index >= 15 is 0 Å². The van der Waals surface area contributed by atoms with E-state index in [4.69, 9.17) is 11.6 Å². The van der Waals surface area contributed by atoms with E-state index in [1.54, 1.807) is 6.07 Å². The van der Waals surface area contributed by atoms with Crippen LogP contribution in [0.4, 0.5) is 5.69 Å². The molecule has 3 heteroatoms. The lowest BCUT2D eigenvalue weighted by molar-refractivity contribution is 0.112. The van der Waals surface area contributed by atoms with Crippen LogP contribution in [0.3, 0.4) is 0 Å². The first-order valence-corrected chi connectivity index (χ1v) is 6.58. The summed E-state index contributed by atoms with van der Waals surface area (Å²) < 4.78 is 0. The highest BCUT2D eigenvalue weighted by atomic mass is 35.5. The second kappa shape index (κ2) is 5.09. The lowest BCUT2D eigenvalue weighted by Crippen LogP contribution is -2.34. The summed E-state index contributed by atoms with van der Waals surface area (Å²) in [4.78, 5) is 13.1. The fourth-order valence-corrected chi connectivity index (χ4v) is 3.00. The normalized spacial score (nSPS) is 24.1. The van der Waals surface area contributed by atoms with Gasteiger partial charge in [-0.05, 0) is 44.4 Å². The maximum absolute atomic E-state index is 10.7. The number of carbonyl (C=O) groups is 1. The van der Waals surface area contributed by atoms with Crippen molar-refractivity contribution in [3.8, 4) is 0 Å². The smallest absolute Gasteiger partial charge is 0.150 e. The van der Waals surface area contributed by atoms with Crippen LogP contribution in [-0.4, -0.2) is 18.4 Å². The van der Waals surface area contributed by atoms with Crippen LogP contribution in [0.1, 0.15) is 43.5 Å². The van der Waals surface area contributed by atoms with Crippen LogP contribution in [0.5, 0.6) is 0 Å². The number of rotatable bonds is 3. The molecule has 1 aromatic carbocycles. The van der Waals surface area contributed by atoms with Gasteiger partial charge in [0.05, 0.1) is 10.7 Å². The lowest BCUT2D eigenvalue weighted by atomic mass is 10.1. The summed E-state index contributed by atoms with van der Waals surface area (Å²) in [6, 6.07) is 6.66. The van der Waals surface area contributed by atoms with Gasteiger partial charge in [-0.2, -0.15) is 0 Å². The van der Waals surface area contributed by atoms with Crippen molar-refractivity contribution in [2.45, 2.75) is 45.2 Å². The average molecular weight is 252 g/mol. The summed E-state index contributed by atoms with van der Waals surface area (Å²) in [5.74, 6) is 0. The molecule has 0 saturated carbocycles. The Bertz CT molecular complexity index is 419. The van der Waals surface area contributed by atoms with Gasteiger partial charge in [-0.15, -0.1) is 0 Å². The summed E-state index contributed by atoms with van der Waals surface area (Å²) in [6.45, 7) is 4.45. The van der Waals surface area contributed by atoms with Gasteiger partial charge in [-0.3, -0.25) is 4.79 Å². The lowest BCUT2D eigenvalue weighted by Gasteiger charge is -2.31. The fraction of sp³-hybridized carbons (Fsp3) is 0.500. The minimum atomic E-state index is 0.527. The van der Waals surface area contributed by atoms with E-state index in [-0.39, 0.29) is 0 Å². The molecule has 0 radical (unpaired) electrons. The maximum Gasteiger partial charge on any atom is 0.150 e. The van der Waals surface area contributed by atoms with E-state index in [2.05, 4.69) is 18.7 Å². The van der Waals surface area contributed by atoms with Crippen molar-refractivity contribution in [2.24, 2.45) is 0 Å². The number of carbonyl (C=O) groups excluding carboxylic acids is 1. The predicted molar refractivity (Wildman–Crippen MR) is 72.1 cm³/mol. The molecule has 0 aromatic heterocycles. The van der Waals surface area contributed by atoms with Gasteiger partial charge in [0.15, 0.2) is 0 Å². The Kier molecular flexibility index (Phi) is 3.72. The fourth-order valence-electron chi connectivity index (χ4n) is 2.71. The third-order valence-electron chi connectivity index (χ3n) is 3.64. The number of nitrogens with zero attached hydrogens (tertiary/aromatic N) is 1. The van der Waals surface area contributed by atoms with Crippen molar-refractivity contribution in [2.75, 3.05) is 4.90 Å². The van der Waals surface area contributed by atoms with Crippen molar-refractivity contribution in [1.29, 1.82) is 0 Å². The molecule has 0 spiro atoms. The quantitative estimate of drug-likeness (QED) is 0.759. The third-order valence-corrected chi connectivity index (χ3v) is 3.95. The first-order valence-electron chi connectivity index (χ1n) is 6.20. The molecule has 1 aliphatic rings. The predicted octanol–water partition coefficient (Wildman–Crippen LogP) is 3.92. The molecule has 1 aromatic rings. The Morgan fingerprint density at radius 3 is 2.82 bits per heavy atom. The molecule has 1 fully saturated rings. The Hall–Kier alpha value is -1.02. The van der Waals surface area contributed by atoms with E-state index in [0.717, 1.165) is 18.4 Å². The molecule has 0 bridgehead atoms. The van der Waals surface area contributed by atoms with Gasteiger partial charge in [0.25, 0.3) is 0 Å². The molecule has 1 aliphatic heterocycles. The van der Waals surface area contributed by atoms with Crippen LogP contribution in [0, 0.1) is 0 Å². The zero-order valence-electron chi connectivity index (χ0n) is 10.3. The Labute approximate surface area is 108 Å². The number of hydrogen-bond donors (Lipinski definition) is 0. The highest BCUT2D eigenvalue weighted by Gasteiger charge is 2.30. The van der Waals surface area contributed by atoms with E-state index in [9.17, 15) is 4.79 Å². The molecular formula is C14H18ClNO. The number of aldehydes is 1. The molecule has 2 rings (SSSR count). The standard InChI is InChI=1S/C14H18ClNO/c1-3-12-6-4-10(2)16(12)14-7-5-11(9-17)8-13(14)15/h5,7-10,12H,3-4,6H2,1-2H3. The van der Waals surface area contributed by atoms with E-state index in [0.29, 0.717) is 22.7 Å². The van der Waals surface area contributed by atoms with Crippen molar-refractivity contribution in [3.05, 3.63) is 28.8 Å². The van der Waals surface area contributed by atoms with E-state index in [1.807, 2.05) is 12.1 Å². The average Bonchev–Trinajstić information content (AvgIpc) is 2.70. The van der Waals surface area contributed by atoms with Gasteiger partial charge < -0.3 is 4.90 Å². The Morgan fingerprint density at radius 2 is 2.24 bits per heavy atom. The van der Waals surface area contributed by atoms with Crippen LogP contribution in [0.15, 0.2) is 18.2 Å². The highest BCUT2D eigenvalue weighted by molar-refractivity contribution is 6.33. The van der Waals surface area contributed by atoms with Gasteiger partial charge in [0, 0.05) is 17.6 Å². The van der Waals surface area contributed by atoms with Crippen molar-refractivity contribution in [3.63, 3.8) is 0 Å². The van der Waals surface area contributed by atoms with Crippen LogP contribution < -0.4 is 4.90 Å². The number of halogens is 1. The third kappa shape index (κ3) is 2.32. The van der Waals surface area contributed by atoms with Gasteiger partial charge >= 0.3 is 0 Å². The molecule has 1 heterocycles. The highest BCUT2D eigenvalue weighted by Crippen LogP contribution is 2.36. The summed E-state index contributed by atoms with van der Waals surface area (Å²) >= 11 is 6.28. The number of hydrogen-bond acceptors (Lipinski definition) is 2. The largest absolute Gasteiger partial charge is 0.365 e. The zero-order chi connectivity index (χ0) is 12.4. The molecule has 1 saturated heterocycles. The monoisotopic (exact) mass is 251 g/mol. The zero-order valence-corrected chi connectivity index (χ0v) is 11.1. The second-order valence-electron chi connectivity index (χ2n) is 4.72. The van der Waals surface area contributed by atoms with Crippen molar-refractivity contribution < 1.29 is 4.79 Å². The van der Waals surface area contributed by atoms with Gasteiger partial charge in [-0.1, -0.05) is 18.5 Å². The topological polar surface area (TPSA) is 20.3 Å². The molecule has 2 nitrogen and oxygen atoms in total. The van der Waals surface area contributed by atoms with Crippen LogP contribution >= 0.6 is 11.6 Å². The second-order valence-corrected chi connectivity index (χ2v) is 5.13. The van der Waals surface area contributed by atoms with Crippen LogP contribution in [0.2, 0.25) is 5.02 Å². The molecule has 0 aliphatic carbocycles. The van der Waals surface area contributed by atoms with Crippen molar-refractivity contribution >= 4 is 23.6 Å². The number of benzene rings is 1. The van der Waals surface area contributed by atoms with E-state index in [1.165, 1.54) is 12.8 Å².